The highest BCUT2D eigenvalue weighted by atomic mass is 16.4. The Labute approximate surface area is 99.3 Å². The molecule has 0 amide bonds. The van der Waals surface area contributed by atoms with Crippen LogP contribution in [0.25, 0.3) is 0 Å². The number of hydrogen-bond donors (Lipinski definition) is 2. The SMILES string of the molecule is O=C(O)CCN(CC(=O)O)Cc1ccccc1. The van der Waals surface area contributed by atoms with Crippen molar-refractivity contribution in [3.8, 4) is 0 Å². The van der Waals surface area contributed by atoms with Crippen molar-refractivity contribution in [2.24, 2.45) is 0 Å². The summed E-state index contributed by atoms with van der Waals surface area (Å²) in [5, 5.41) is 17.3. The molecule has 0 aliphatic rings. The van der Waals surface area contributed by atoms with Gasteiger partial charge in [0.15, 0.2) is 0 Å². The Bertz CT molecular complexity index is 377. The predicted octanol–water partition coefficient (Wildman–Crippen LogP) is 1.05. The van der Waals surface area contributed by atoms with E-state index in [-0.39, 0.29) is 19.5 Å². The molecule has 0 heterocycles. The average Bonchev–Trinajstić information content (AvgIpc) is 2.26. The van der Waals surface area contributed by atoms with Crippen LogP contribution in [-0.4, -0.2) is 40.1 Å². The van der Waals surface area contributed by atoms with Crippen LogP contribution in [0.5, 0.6) is 0 Å². The molecule has 92 valence electrons. The van der Waals surface area contributed by atoms with Crippen LogP contribution in [0, 0.1) is 0 Å². The van der Waals surface area contributed by atoms with Gasteiger partial charge in [0.1, 0.15) is 0 Å². The first-order valence-electron chi connectivity index (χ1n) is 5.28. The molecule has 0 atom stereocenters. The van der Waals surface area contributed by atoms with E-state index >= 15 is 0 Å². The van der Waals surface area contributed by atoms with Crippen molar-refractivity contribution in [1.82, 2.24) is 4.90 Å². The van der Waals surface area contributed by atoms with E-state index in [1.165, 1.54) is 0 Å². The van der Waals surface area contributed by atoms with E-state index in [1.807, 2.05) is 30.3 Å². The number of carbonyl (C=O) groups is 2. The number of carboxylic acid groups (broad SMARTS) is 2. The third kappa shape index (κ3) is 5.67. The molecule has 0 spiro atoms. The van der Waals surface area contributed by atoms with Gasteiger partial charge < -0.3 is 10.2 Å². The maximum absolute atomic E-state index is 10.7. The lowest BCUT2D eigenvalue weighted by Crippen LogP contribution is -2.31. The molecule has 0 fully saturated rings. The summed E-state index contributed by atoms with van der Waals surface area (Å²) in [5.74, 6) is -1.88. The van der Waals surface area contributed by atoms with Crippen LogP contribution in [0.2, 0.25) is 0 Å². The Morgan fingerprint density at radius 3 is 2.24 bits per heavy atom. The highest BCUT2D eigenvalue weighted by molar-refractivity contribution is 5.69. The second kappa shape index (κ2) is 6.65. The third-order valence-corrected chi connectivity index (χ3v) is 2.25. The summed E-state index contributed by atoms with van der Waals surface area (Å²) in [5.41, 5.74) is 0.971. The molecule has 0 saturated carbocycles. The van der Waals surface area contributed by atoms with Crippen LogP contribution in [0.4, 0.5) is 0 Å². The number of aliphatic carboxylic acids is 2. The van der Waals surface area contributed by atoms with E-state index in [2.05, 4.69) is 0 Å². The molecular formula is C12H15NO4. The smallest absolute Gasteiger partial charge is 0.317 e. The van der Waals surface area contributed by atoms with E-state index < -0.39 is 11.9 Å². The number of nitrogens with zero attached hydrogens (tertiary/aromatic N) is 1. The number of rotatable bonds is 7. The van der Waals surface area contributed by atoms with E-state index in [1.54, 1.807) is 4.90 Å². The molecule has 0 unspecified atom stereocenters. The van der Waals surface area contributed by atoms with Crippen LogP contribution in [0.1, 0.15) is 12.0 Å². The van der Waals surface area contributed by atoms with Gasteiger partial charge in [-0.2, -0.15) is 0 Å². The van der Waals surface area contributed by atoms with E-state index in [9.17, 15) is 9.59 Å². The summed E-state index contributed by atoms with van der Waals surface area (Å²) in [6, 6.07) is 9.38. The van der Waals surface area contributed by atoms with Gasteiger partial charge in [0.2, 0.25) is 0 Å². The summed E-state index contributed by atoms with van der Waals surface area (Å²) in [4.78, 5) is 22.7. The molecule has 5 heteroatoms. The van der Waals surface area contributed by atoms with Gasteiger partial charge in [0, 0.05) is 13.1 Å². The van der Waals surface area contributed by atoms with Crippen molar-refractivity contribution >= 4 is 11.9 Å². The molecule has 2 N–H and O–H groups in total. The Balaban J connectivity index is 2.56. The van der Waals surface area contributed by atoms with Gasteiger partial charge in [-0.05, 0) is 5.56 Å². The number of carboxylic acids is 2. The van der Waals surface area contributed by atoms with Gasteiger partial charge in [-0.3, -0.25) is 14.5 Å². The van der Waals surface area contributed by atoms with Crippen molar-refractivity contribution in [3.05, 3.63) is 35.9 Å². The minimum Gasteiger partial charge on any atom is -0.481 e. The summed E-state index contributed by atoms with van der Waals surface area (Å²) < 4.78 is 0. The summed E-state index contributed by atoms with van der Waals surface area (Å²) >= 11 is 0. The molecule has 1 aromatic rings. The lowest BCUT2D eigenvalue weighted by Gasteiger charge is -2.19. The summed E-state index contributed by atoms with van der Waals surface area (Å²) in [7, 11) is 0. The van der Waals surface area contributed by atoms with Crippen LogP contribution in [0.3, 0.4) is 0 Å². The zero-order chi connectivity index (χ0) is 12.7. The molecule has 17 heavy (non-hydrogen) atoms. The van der Waals surface area contributed by atoms with E-state index in [0.717, 1.165) is 5.56 Å². The first-order valence-corrected chi connectivity index (χ1v) is 5.28. The highest BCUT2D eigenvalue weighted by Gasteiger charge is 2.11. The molecular weight excluding hydrogens is 222 g/mol. The molecule has 0 bridgehead atoms. The standard InChI is InChI=1S/C12H15NO4/c14-11(15)6-7-13(9-12(16)17)8-10-4-2-1-3-5-10/h1-5H,6-9H2,(H,14,15)(H,16,17). The maximum Gasteiger partial charge on any atom is 0.317 e. The fourth-order valence-corrected chi connectivity index (χ4v) is 1.50. The van der Waals surface area contributed by atoms with Crippen LogP contribution >= 0.6 is 0 Å². The Hall–Kier alpha value is -1.88. The van der Waals surface area contributed by atoms with Crippen molar-refractivity contribution in [3.63, 3.8) is 0 Å². The second-order valence-electron chi connectivity index (χ2n) is 3.73. The summed E-state index contributed by atoms with van der Waals surface area (Å²) in [6.45, 7) is 0.527. The molecule has 0 aliphatic heterocycles. The van der Waals surface area contributed by atoms with Crippen molar-refractivity contribution in [2.75, 3.05) is 13.1 Å². The molecule has 0 saturated heterocycles. The normalized spacial score (nSPS) is 10.4. The lowest BCUT2D eigenvalue weighted by molar-refractivity contribution is -0.141. The van der Waals surface area contributed by atoms with Gasteiger partial charge in [0.25, 0.3) is 0 Å². The fraction of sp³-hybridized carbons (Fsp3) is 0.333. The topological polar surface area (TPSA) is 77.8 Å². The van der Waals surface area contributed by atoms with E-state index in [4.69, 9.17) is 10.2 Å². The molecule has 0 aromatic heterocycles. The van der Waals surface area contributed by atoms with Crippen molar-refractivity contribution in [1.29, 1.82) is 0 Å². The predicted molar refractivity (Wildman–Crippen MR) is 61.6 cm³/mol. The zero-order valence-corrected chi connectivity index (χ0v) is 9.37. The number of hydrogen-bond acceptors (Lipinski definition) is 3. The monoisotopic (exact) mass is 237 g/mol. The molecule has 5 nitrogen and oxygen atoms in total. The minimum atomic E-state index is -0.952. The van der Waals surface area contributed by atoms with Gasteiger partial charge >= 0.3 is 11.9 Å². The molecule has 1 aromatic carbocycles. The molecule has 0 aliphatic carbocycles. The van der Waals surface area contributed by atoms with Gasteiger partial charge in [-0.25, -0.2) is 0 Å². The van der Waals surface area contributed by atoms with Gasteiger partial charge in [0.05, 0.1) is 13.0 Å². The summed E-state index contributed by atoms with van der Waals surface area (Å²) in [6.07, 6.45) is -0.0554. The Morgan fingerprint density at radius 1 is 1.06 bits per heavy atom. The largest absolute Gasteiger partial charge is 0.481 e. The quantitative estimate of drug-likeness (QED) is 0.741. The first kappa shape index (κ1) is 13.2. The zero-order valence-electron chi connectivity index (χ0n) is 9.37. The van der Waals surface area contributed by atoms with Crippen LogP contribution in [-0.2, 0) is 16.1 Å². The first-order chi connectivity index (χ1) is 8.08. The minimum absolute atomic E-state index is 0.0554. The van der Waals surface area contributed by atoms with Crippen LogP contribution < -0.4 is 0 Å². The molecule has 0 radical (unpaired) electrons. The van der Waals surface area contributed by atoms with E-state index in [0.29, 0.717) is 6.54 Å². The average molecular weight is 237 g/mol. The number of benzene rings is 1. The highest BCUT2D eigenvalue weighted by Crippen LogP contribution is 2.04. The molecule has 1 rings (SSSR count). The van der Waals surface area contributed by atoms with Crippen LogP contribution in [0.15, 0.2) is 30.3 Å². The Morgan fingerprint density at radius 2 is 1.71 bits per heavy atom. The third-order valence-electron chi connectivity index (χ3n) is 2.25. The maximum atomic E-state index is 10.7. The lowest BCUT2D eigenvalue weighted by atomic mass is 10.2. The second-order valence-corrected chi connectivity index (χ2v) is 3.73. The van der Waals surface area contributed by atoms with Crippen molar-refractivity contribution < 1.29 is 19.8 Å². The fourth-order valence-electron chi connectivity index (χ4n) is 1.50. The van der Waals surface area contributed by atoms with Gasteiger partial charge in [-0.15, -0.1) is 0 Å². The van der Waals surface area contributed by atoms with Crippen molar-refractivity contribution in [2.45, 2.75) is 13.0 Å². The Kier molecular flexibility index (Phi) is 5.16. The van der Waals surface area contributed by atoms with Gasteiger partial charge in [-0.1, -0.05) is 30.3 Å².